The van der Waals surface area contributed by atoms with E-state index in [0.29, 0.717) is 12.3 Å². The number of aliphatic imine (C=N–C) groups is 1. The van der Waals surface area contributed by atoms with E-state index in [-0.39, 0.29) is 36.2 Å². The molecule has 148 valence electrons. The summed E-state index contributed by atoms with van der Waals surface area (Å²) < 4.78 is 10.6. The molecule has 0 radical (unpaired) electrons. The molecule has 0 saturated carbocycles. The lowest BCUT2D eigenvalue weighted by Crippen LogP contribution is -2.40. The van der Waals surface area contributed by atoms with Crippen LogP contribution < -0.4 is 21.1 Å². The second-order valence-corrected chi connectivity index (χ2v) is 6.23. The highest BCUT2D eigenvalue weighted by Gasteiger charge is 2.15. The number of nitrogens with two attached hydrogens (primary N) is 1. The van der Waals surface area contributed by atoms with E-state index in [4.69, 9.17) is 15.2 Å². The summed E-state index contributed by atoms with van der Waals surface area (Å²) in [6.07, 6.45) is 0.841. The molecule has 1 rings (SSSR count). The third-order valence-corrected chi connectivity index (χ3v) is 3.53. The van der Waals surface area contributed by atoms with Gasteiger partial charge in [-0.3, -0.25) is 9.79 Å². The highest BCUT2D eigenvalue weighted by molar-refractivity contribution is 14.0. The standard InChI is InChI=1S/C18H30N4O3.HI/c1-5-20-17(22-13-18(2,3)24-4)21-11-10-14-6-8-15(9-7-14)25-12-16(19)23;/h6-9H,5,10-13H2,1-4H3,(H2,19,23)(H2,20,21,22);1H. The second kappa shape index (κ2) is 12.7. The predicted molar refractivity (Wildman–Crippen MR) is 115 cm³/mol. The first kappa shape index (κ1) is 24.5. The molecule has 0 aliphatic rings. The van der Waals surface area contributed by atoms with E-state index in [1.54, 1.807) is 7.11 Å². The number of rotatable bonds is 10. The maximum absolute atomic E-state index is 10.7. The topological polar surface area (TPSA) is 98.0 Å². The molecule has 1 amide bonds. The Labute approximate surface area is 173 Å². The van der Waals surface area contributed by atoms with E-state index in [1.165, 1.54) is 0 Å². The van der Waals surface area contributed by atoms with Crippen LogP contribution in [0, 0.1) is 0 Å². The van der Waals surface area contributed by atoms with Crippen molar-refractivity contribution in [2.45, 2.75) is 32.8 Å². The lowest BCUT2D eigenvalue weighted by atomic mass is 10.1. The largest absolute Gasteiger partial charge is 0.484 e. The summed E-state index contributed by atoms with van der Waals surface area (Å²) in [6.45, 7) is 8.05. The van der Waals surface area contributed by atoms with Crippen molar-refractivity contribution in [2.75, 3.05) is 33.4 Å². The van der Waals surface area contributed by atoms with Crippen LogP contribution in [0.25, 0.3) is 0 Å². The van der Waals surface area contributed by atoms with Gasteiger partial charge in [0.05, 0.1) is 12.1 Å². The van der Waals surface area contributed by atoms with Gasteiger partial charge in [0.1, 0.15) is 5.75 Å². The van der Waals surface area contributed by atoms with Gasteiger partial charge in [-0.1, -0.05) is 12.1 Å². The van der Waals surface area contributed by atoms with Gasteiger partial charge in [0, 0.05) is 20.2 Å². The predicted octanol–water partition coefficient (Wildman–Crippen LogP) is 1.69. The second-order valence-electron chi connectivity index (χ2n) is 6.23. The van der Waals surface area contributed by atoms with Crippen LogP contribution in [0.3, 0.4) is 0 Å². The van der Waals surface area contributed by atoms with Gasteiger partial charge in [-0.15, -0.1) is 24.0 Å². The van der Waals surface area contributed by atoms with Crippen LogP contribution >= 0.6 is 24.0 Å². The zero-order chi connectivity index (χ0) is 18.7. The van der Waals surface area contributed by atoms with Gasteiger partial charge in [-0.25, -0.2) is 0 Å². The third-order valence-electron chi connectivity index (χ3n) is 3.53. The molecule has 0 saturated heterocycles. The summed E-state index contributed by atoms with van der Waals surface area (Å²) in [4.78, 5) is 15.2. The molecular weight excluding hydrogens is 447 g/mol. The average molecular weight is 478 g/mol. The molecule has 1 aromatic rings. The average Bonchev–Trinajstić information content (AvgIpc) is 2.59. The fourth-order valence-corrected chi connectivity index (χ4v) is 1.91. The van der Waals surface area contributed by atoms with Crippen LogP contribution in [0.15, 0.2) is 29.3 Å². The number of carbonyl (C=O) groups excluding carboxylic acids is 1. The molecular formula is C18H31IN4O3. The molecule has 1 aromatic carbocycles. The van der Waals surface area contributed by atoms with E-state index in [1.807, 2.05) is 45.0 Å². The number of benzene rings is 1. The maximum atomic E-state index is 10.7. The number of halogens is 1. The smallest absolute Gasteiger partial charge is 0.255 e. The minimum absolute atomic E-state index is 0. The van der Waals surface area contributed by atoms with Crippen molar-refractivity contribution in [1.82, 2.24) is 10.6 Å². The molecule has 0 aliphatic heterocycles. The number of hydrogen-bond acceptors (Lipinski definition) is 4. The summed E-state index contributed by atoms with van der Waals surface area (Å²) in [5.41, 5.74) is 5.92. The Morgan fingerprint density at radius 2 is 1.88 bits per heavy atom. The molecule has 8 heteroatoms. The number of carbonyl (C=O) groups is 1. The first-order valence-corrected chi connectivity index (χ1v) is 8.43. The Balaban J connectivity index is 0.00000625. The van der Waals surface area contributed by atoms with Crippen LogP contribution in [-0.4, -0.2) is 50.8 Å². The molecule has 0 aromatic heterocycles. The number of ether oxygens (including phenoxy) is 2. The van der Waals surface area contributed by atoms with Crippen LogP contribution in [0.2, 0.25) is 0 Å². The third kappa shape index (κ3) is 10.4. The Bertz CT molecular complexity index is 562. The maximum Gasteiger partial charge on any atom is 0.255 e. The summed E-state index contributed by atoms with van der Waals surface area (Å²) >= 11 is 0. The molecule has 26 heavy (non-hydrogen) atoms. The van der Waals surface area contributed by atoms with Crippen LogP contribution in [0.5, 0.6) is 5.75 Å². The molecule has 0 bridgehead atoms. The Hall–Kier alpha value is -1.55. The van der Waals surface area contributed by atoms with E-state index < -0.39 is 5.91 Å². The van der Waals surface area contributed by atoms with Crippen molar-refractivity contribution in [2.24, 2.45) is 10.7 Å². The van der Waals surface area contributed by atoms with E-state index in [0.717, 1.165) is 31.0 Å². The van der Waals surface area contributed by atoms with Gasteiger partial charge in [0.25, 0.3) is 5.91 Å². The lowest BCUT2D eigenvalue weighted by Gasteiger charge is -2.21. The van der Waals surface area contributed by atoms with Crippen LogP contribution in [-0.2, 0) is 16.0 Å². The number of methoxy groups -OCH3 is 1. The van der Waals surface area contributed by atoms with Crippen LogP contribution in [0.1, 0.15) is 26.3 Å². The van der Waals surface area contributed by atoms with Gasteiger partial charge in [0.15, 0.2) is 12.6 Å². The number of guanidine groups is 1. The molecule has 4 N–H and O–H groups in total. The zero-order valence-electron chi connectivity index (χ0n) is 16.0. The van der Waals surface area contributed by atoms with E-state index >= 15 is 0 Å². The van der Waals surface area contributed by atoms with Gasteiger partial charge < -0.3 is 25.8 Å². The molecule has 7 nitrogen and oxygen atoms in total. The molecule has 0 fully saturated rings. The summed E-state index contributed by atoms with van der Waals surface area (Å²) in [5, 5.41) is 6.53. The van der Waals surface area contributed by atoms with Crippen molar-refractivity contribution in [1.29, 1.82) is 0 Å². The quantitative estimate of drug-likeness (QED) is 0.270. The molecule has 0 unspecified atom stereocenters. The molecule has 0 spiro atoms. The van der Waals surface area contributed by atoms with Crippen LogP contribution in [0.4, 0.5) is 0 Å². The number of nitrogens with one attached hydrogen (secondary N) is 2. The number of primary amides is 1. The van der Waals surface area contributed by atoms with Crippen molar-refractivity contribution in [3.63, 3.8) is 0 Å². The van der Waals surface area contributed by atoms with Gasteiger partial charge in [-0.2, -0.15) is 0 Å². The first-order chi connectivity index (χ1) is 11.9. The van der Waals surface area contributed by atoms with E-state index in [9.17, 15) is 4.79 Å². The zero-order valence-corrected chi connectivity index (χ0v) is 18.3. The van der Waals surface area contributed by atoms with Crippen molar-refractivity contribution in [3.8, 4) is 5.75 Å². The van der Waals surface area contributed by atoms with E-state index in [2.05, 4.69) is 15.6 Å². The van der Waals surface area contributed by atoms with Gasteiger partial charge >= 0.3 is 0 Å². The minimum atomic E-state index is -0.486. The number of nitrogens with zero attached hydrogens (tertiary/aromatic N) is 1. The minimum Gasteiger partial charge on any atom is -0.484 e. The lowest BCUT2D eigenvalue weighted by molar-refractivity contribution is -0.119. The van der Waals surface area contributed by atoms with Crippen molar-refractivity contribution >= 4 is 35.8 Å². The fraction of sp³-hybridized carbons (Fsp3) is 0.556. The summed E-state index contributed by atoms with van der Waals surface area (Å²) in [5.74, 6) is 0.918. The summed E-state index contributed by atoms with van der Waals surface area (Å²) in [6, 6.07) is 7.60. The first-order valence-electron chi connectivity index (χ1n) is 8.43. The Morgan fingerprint density at radius 1 is 1.23 bits per heavy atom. The highest BCUT2D eigenvalue weighted by atomic mass is 127. The molecule has 0 heterocycles. The SMILES string of the molecule is CCNC(=NCC(C)(C)OC)NCCc1ccc(OCC(N)=O)cc1.I. The number of amides is 1. The highest BCUT2D eigenvalue weighted by Crippen LogP contribution is 2.12. The molecule has 0 aliphatic carbocycles. The monoisotopic (exact) mass is 478 g/mol. The van der Waals surface area contributed by atoms with Crippen molar-refractivity contribution in [3.05, 3.63) is 29.8 Å². The Morgan fingerprint density at radius 3 is 2.42 bits per heavy atom. The fourth-order valence-electron chi connectivity index (χ4n) is 1.91. The Kier molecular flexibility index (Phi) is 12.0. The number of hydrogen-bond donors (Lipinski definition) is 3. The van der Waals surface area contributed by atoms with Crippen molar-refractivity contribution < 1.29 is 14.3 Å². The van der Waals surface area contributed by atoms with Gasteiger partial charge in [0.2, 0.25) is 0 Å². The summed E-state index contributed by atoms with van der Waals surface area (Å²) in [7, 11) is 1.69. The normalized spacial score (nSPS) is 11.5. The van der Waals surface area contributed by atoms with Gasteiger partial charge in [-0.05, 0) is 44.9 Å². The molecule has 0 atom stereocenters.